The molecule has 0 aliphatic rings. The third-order valence-electron chi connectivity index (χ3n) is 3.27. The molecular formula is C17H22N2O. The van der Waals surface area contributed by atoms with Crippen LogP contribution in [0.3, 0.4) is 0 Å². The van der Waals surface area contributed by atoms with Crippen molar-refractivity contribution in [2.75, 3.05) is 13.2 Å². The maximum Gasteiger partial charge on any atom is 0.119 e. The zero-order chi connectivity index (χ0) is 14.2. The maximum absolute atomic E-state index is 5.93. The Hall–Kier alpha value is -1.87. The lowest BCUT2D eigenvalue weighted by Crippen LogP contribution is -2.15. The molecule has 0 bridgehead atoms. The molecule has 2 N–H and O–H groups in total. The van der Waals surface area contributed by atoms with Crippen molar-refractivity contribution >= 4 is 0 Å². The number of pyridine rings is 1. The summed E-state index contributed by atoms with van der Waals surface area (Å²) in [4.78, 5) is 4.38. The topological polar surface area (TPSA) is 48.1 Å². The Bertz CT molecular complexity index is 513. The Morgan fingerprint density at radius 2 is 2.10 bits per heavy atom. The zero-order valence-electron chi connectivity index (χ0n) is 12.0. The molecule has 1 aromatic carbocycles. The summed E-state index contributed by atoms with van der Waals surface area (Å²) in [6.45, 7) is 3.46. The second-order valence-corrected chi connectivity index (χ2v) is 4.88. The molecule has 20 heavy (non-hydrogen) atoms. The van der Waals surface area contributed by atoms with Crippen LogP contribution in [0.25, 0.3) is 0 Å². The third kappa shape index (κ3) is 4.07. The van der Waals surface area contributed by atoms with Gasteiger partial charge in [0.15, 0.2) is 0 Å². The van der Waals surface area contributed by atoms with Crippen LogP contribution >= 0.6 is 0 Å². The molecule has 0 saturated heterocycles. The molecule has 0 fully saturated rings. The van der Waals surface area contributed by atoms with Crippen LogP contribution in [0.15, 0.2) is 48.7 Å². The van der Waals surface area contributed by atoms with Gasteiger partial charge in [-0.3, -0.25) is 4.98 Å². The predicted octanol–water partition coefficient (Wildman–Crippen LogP) is 3.16. The molecule has 2 aromatic rings. The van der Waals surface area contributed by atoms with Gasteiger partial charge in [0, 0.05) is 17.8 Å². The fourth-order valence-electron chi connectivity index (χ4n) is 2.19. The summed E-state index contributed by atoms with van der Waals surface area (Å²) >= 11 is 0. The van der Waals surface area contributed by atoms with Gasteiger partial charge in [-0.25, -0.2) is 0 Å². The van der Waals surface area contributed by atoms with Crippen LogP contribution in [0, 0.1) is 0 Å². The van der Waals surface area contributed by atoms with Gasteiger partial charge in [0.2, 0.25) is 0 Å². The first-order chi connectivity index (χ1) is 9.83. The number of nitrogens with zero attached hydrogens (tertiary/aromatic N) is 1. The summed E-state index contributed by atoms with van der Waals surface area (Å²) in [6.07, 6.45) is 3.69. The molecule has 2 rings (SSSR count). The van der Waals surface area contributed by atoms with E-state index in [1.165, 1.54) is 5.56 Å². The lowest BCUT2D eigenvalue weighted by atomic mass is 9.94. The van der Waals surface area contributed by atoms with Crippen molar-refractivity contribution in [1.29, 1.82) is 0 Å². The molecule has 0 aliphatic carbocycles. The fraction of sp³-hybridized carbons (Fsp3) is 0.353. The van der Waals surface area contributed by atoms with Crippen LogP contribution < -0.4 is 10.5 Å². The van der Waals surface area contributed by atoms with E-state index < -0.39 is 0 Å². The average Bonchev–Trinajstić information content (AvgIpc) is 2.52. The number of nitrogens with two attached hydrogens (primary N) is 1. The molecule has 0 saturated carbocycles. The summed E-state index contributed by atoms with van der Waals surface area (Å²) < 4.78 is 5.68. The number of benzene rings is 1. The van der Waals surface area contributed by atoms with Crippen molar-refractivity contribution in [3.8, 4) is 5.75 Å². The van der Waals surface area contributed by atoms with Gasteiger partial charge >= 0.3 is 0 Å². The first-order valence-corrected chi connectivity index (χ1v) is 7.16. The van der Waals surface area contributed by atoms with E-state index in [9.17, 15) is 0 Å². The monoisotopic (exact) mass is 270 g/mol. The standard InChI is InChI=1S/C17H22N2O/c1-2-10-20-17-8-5-6-14(12-17)15(13-18)11-16-7-3-4-9-19-16/h3-9,12,15H,2,10-11,13,18H2,1H3. The van der Waals surface area contributed by atoms with Gasteiger partial charge in [0.05, 0.1) is 6.61 Å². The van der Waals surface area contributed by atoms with E-state index in [4.69, 9.17) is 10.5 Å². The van der Waals surface area contributed by atoms with Gasteiger partial charge in [0.25, 0.3) is 0 Å². The number of ether oxygens (including phenoxy) is 1. The van der Waals surface area contributed by atoms with Crippen molar-refractivity contribution in [1.82, 2.24) is 4.98 Å². The van der Waals surface area contributed by atoms with Crippen LogP contribution in [-0.4, -0.2) is 18.1 Å². The van der Waals surface area contributed by atoms with E-state index in [2.05, 4.69) is 24.0 Å². The zero-order valence-corrected chi connectivity index (χ0v) is 12.0. The van der Waals surface area contributed by atoms with E-state index in [1.807, 2.05) is 36.5 Å². The molecule has 3 nitrogen and oxygen atoms in total. The second kappa shape index (κ2) is 7.65. The van der Waals surface area contributed by atoms with Gasteiger partial charge < -0.3 is 10.5 Å². The second-order valence-electron chi connectivity index (χ2n) is 4.88. The van der Waals surface area contributed by atoms with Crippen molar-refractivity contribution in [3.63, 3.8) is 0 Å². The molecule has 0 spiro atoms. The largest absolute Gasteiger partial charge is 0.494 e. The lowest BCUT2D eigenvalue weighted by molar-refractivity contribution is 0.317. The molecule has 0 aliphatic heterocycles. The van der Waals surface area contributed by atoms with E-state index in [1.54, 1.807) is 0 Å². The van der Waals surface area contributed by atoms with Gasteiger partial charge in [-0.2, -0.15) is 0 Å². The Kier molecular flexibility index (Phi) is 5.56. The summed E-state index contributed by atoms with van der Waals surface area (Å²) in [6, 6.07) is 14.2. The highest BCUT2D eigenvalue weighted by Gasteiger charge is 2.12. The fourth-order valence-corrected chi connectivity index (χ4v) is 2.19. The molecule has 1 aromatic heterocycles. The molecular weight excluding hydrogens is 248 g/mol. The van der Waals surface area contributed by atoms with Crippen LogP contribution in [0.5, 0.6) is 5.75 Å². The first-order valence-electron chi connectivity index (χ1n) is 7.16. The number of aromatic nitrogens is 1. The Balaban J connectivity index is 2.10. The summed E-state index contributed by atoms with van der Waals surface area (Å²) in [7, 11) is 0. The van der Waals surface area contributed by atoms with Gasteiger partial charge in [-0.1, -0.05) is 25.1 Å². The van der Waals surface area contributed by atoms with E-state index in [0.29, 0.717) is 6.54 Å². The molecule has 106 valence electrons. The van der Waals surface area contributed by atoms with E-state index >= 15 is 0 Å². The number of hydrogen-bond donors (Lipinski definition) is 1. The van der Waals surface area contributed by atoms with Gasteiger partial charge in [0.1, 0.15) is 5.75 Å². The van der Waals surface area contributed by atoms with Crippen molar-refractivity contribution < 1.29 is 4.74 Å². The molecule has 1 heterocycles. The van der Waals surface area contributed by atoms with Crippen LogP contribution in [0.1, 0.15) is 30.5 Å². The maximum atomic E-state index is 5.93. The first kappa shape index (κ1) is 14.5. The molecule has 0 amide bonds. The quantitative estimate of drug-likeness (QED) is 0.840. The minimum Gasteiger partial charge on any atom is -0.494 e. The summed E-state index contributed by atoms with van der Waals surface area (Å²) in [5, 5.41) is 0. The smallest absolute Gasteiger partial charge is 0.119 e. The minimum atomic E-state index is 0.273. The summed E-state index contributed by atoms with van der Waals surface area (Å²) in [5.74, 6) is 1.19. The third-order valence-corrected chi connectivity index (χ3v) is 3.27. The van der Waals surface area contributed by atoms with Crippen LogP contribution in [0.4, 0.5) is 0 Å². The Morgan fingerprint density at radius 3 is 2.80 bits per heavy atom. The van der Waals surface area contributed by atoms with E-state index in [-0.39, 0.29) is 5.92 Å². The SMILES string of the molecule is CCCOc1cccc(C(CN)Cc2ccccn2)c1. The van der Waals surface area contributed by atoms with E-state index in [0.717, 1.165) is 30.9 Å². The highest BCUT2D eigenvalue weighted by atomic mass is 16.5. The minimum absolute atomic E-state index is 0.273. The Morgan fingerprint density at radius 1 is 1.20 bits per heavy atom. The van der Waals surface area contributed by atoms with Crippen LogP contribution in [-0.2, 0) is 6.42 Å². The molecule has 1 unspecified atom stereocenters. The van der Waals surface area contributed by atoms with Crippen LogP contribution in [0.2, 0.25) is 0 Å². The average molecular weight is 270 g/mol. The highest BCUT2D eigenvalue weighted by molar-refractivity contribution is 5.32. The summed E-state index contributed by atoms with van der Waals surface area (Å²) in [5.41, 5.74) is 8.22. The lowest BCUT2D eigenvalue weighted by Gasteiger charge is -2.16. The Labute approximate surface area is 120 Å². The number of hydrogen-bond acceptors (Lipinski definition) is 3. The van der Waals surface area contributed by atoms with Gasteiger partial charge in [-0.05, 0) is 49.2 Å². The highest BCUT2D eigenvalue weighted by Crippen LogP contribution is 2.23. The molecule has 3 heteroatoms. The van der Waals surface area contributed by atoms with Gasteiger partial charge in [-0.15, -0.1) is 0 Å². The normalized spacial score (nSPS) is 12.1. The number of rotatable bonds is 7. The molecule has 1 atom stereocenters. The van der Waals surface area contributed by atoms with Crippen molar-refractivity contribution in [2.24, 2.45) is 5.73 Å². The molecule has 0 radical (unpaired) electrons. The van der Waals surface area contributed by atoms with Crippen molar-refractivity contribution in [2.45, 2.75) is 25.7 Å². The van der Waals surface area contributed by atoms with Crippen molar-refractivity contribution in [3.05, 3.63) is 59.9 Å². The predicted molar refractivity (Wildman–Crippen MR) is 82.0 cm³/mol.